The summed E-state index contributed by atoms with van der Waals surface area (Å²) in [5.41, 5.74) is -0.367. The molecule has 82 valence electrons. The molecule has 1 aromatic rings. The second-order valence-electron chi connectivity index (χ2n) is 2.61. The van der Waals surface area contributed by atoms with Crippen molar-refractivity contribution in [2.75, 3.05) is 7.11 Å². The van der Waals surface area contributed by atoms with Crippen LogP contribution < -0.4 is 4.74 Å². The molecule has 0 saturated heterocycles. The number of carbonyl (C=O) groups is 1. The summed E-state index contributed by atoms with van der Waals surface area (Å²) in [6.07, 6.45) is -1.06. The molecule has 0 fully saturated rings. The summed E-state index contributed by atoms with van der Waals surface area (Å²) < 4.78 is 8.74. The van der Waals surface area contributed by atoms with Crippen molar-refractivity contribution in [2.24, 2.45) is 0 Å². The first kappa shape index (κ1) is 11.5. The molecule has 0 N–H and O–H groups in total. The van der Waals surface area contributed by atoms with Gasteiger partial charge in [0.25, 0.3) is 0 Å². The van der Waals surface area contributed by atoms with E-state index >= 15 is 0 Å². The van der Waals surface area contributed by atoms with Crippen LogP contribution in [-0.2, 0) is 4.74 Å². The number of benzene rings is 1. The highest BCUT2D eigenvalue weighted by Gasteiger charge is 2.18. The van der Waals surface area contributed by atoms with Crippen molar-refractivity contribution in [1.82, 2.24) is 0 Å². The fourth-order valence-electron chi connectivity index (χ4n) is 0.947. The molecular formula is C9H6N2O5. The fraction of sp³-hybridized carbons (Fsp3) is 0.111. The summed E-state index contributed by atoms with van der Waals surface area (Å²) in [6, 6.07) is 5.21. The second-order valence-corrected chi connectivity index (χ2v) is 2.61. The van der Waals surface area contributed by atoms with E-state index in [2.05, 4.69) is 9.47 Å². The number of ether oxygens (including phenoxy) is 2. The van der Waals surface area contributed by atoms with E-state index in [-0.39, 0.29) is 11.3 Å². The van der Waals surface area contributed by atoms with Crippen molar-refractivity contribution in [1.29, 1.82) is 5.26 Å². The number of nitriles is 1. The number of nitrogens with zero attached hydrogens (tertiary/aromatic N) is 2. The molecule has 0 atom stereocenters. The Hall–Kier alpha value is -2.62. The minimum atomic E-state index is -1.06. The van der Waals surface area contributed by atoms with Crippen LogP contribution in [0.5, 0.6) is 5.75 Å². The number of rotatable bonds is 2. The van der Waals surface area contributed by atoms with Crippen LogP contribution in [0.1, 0.15) is 5.56 Å². The average Bonchev–Trinajstić information content (AvgIpc) is 2.29. The first-order valence-corrected chi connectivity index (χ1v) is 4.03. The number of nitro benzene ring substituents is 1. The van der Waals surface area contributed by atoms with Gasteiger partial charge in [-0.1, -0.05) is 0 Å². The molecule has 0 unspecified atom stereocenters. The molecule has 0 radical (unpaired) electrons. The van der Waals surface area contributed by atoms with Gasteiger partial charge >= 0.3 is 11.8 Å². The Labute approximate surface area is 90.0 Å². The smallest absolute Gasteiger partial charge is 0.437 e. The molecule has 0 aromatic heterocycles. The lowest BCUT2D eigenvalue weighted by molar-refractivity contribution is -0.385. The summed E-state index contributed by atoms with van der Waals surface area (Å²) in [4.78, 5) is 20.7. The van der Waals surface area contributed by atoms with Gasteiger partial charge in [0.2, 0.25) is 5.75 Å². The summed E-state index contributed by atoms with van der Waals surface area (Å²) in [5.74, 6) is -0.268. The van der Waals surface area contributed by atoms with E-state index in [4.69, 9.17) is 5.26 Å². The molecule has 0 bridgehead atoms. The van der Waals surface area contributed by atoms with E-state index < -0.39 is 16.8 Å². The Morgan fingerprint density at radius 2 is 2.25 bits per heavy atom. The second kappa shape index (κ2) is 4.75. The molecule has 1 rings (SSSR count). The van der Waals surface area contributed by atoms with Crippen LogP contribution in [0.3, 0.4) is 0 Å². The molecule has 1 aromatic carbocycles. The standard InChI is InChI=1S/C9H6N2O5/c1-15-9(12)16-8-3-2-6(5-10)4-7(8)11(13)14/h2-4H,1H3. The molecule has 7 heteroatoms. The van der Waals surface area contributed by atoms with Gasteiger partial charge in [-0.15, -0.1) is 0 Å². The molecule has 0 aliphatic rings. The van der Waals surface area contributed by atoms with Crippen LogP contribution in [0, 0.1) is 21.4 Å². The fourth-order valence-corrected chi connectivity index (χ4v) is 0.947. The van der Waals surface area contributed by atoms with Crippen molar-refractivity contribution < 1.29 is 19.2 Å². The SMILES string of the molecule is COC(=O)Oc1ccc(C#N)cc1[N+](=O)[O-]. The summed E-state index contributed by atoms with van der Waals surface area (Å²) in [5, 5.41) is 19.2. The lowest BCUT2D eigenvalue weighted by Crippen LogP contribution is -2.08. The highest BCUT2D eigenvalue weighted by atomic mass is 16.7. The van der Waals surface area contributed by atoms with E-state index in [1.54, 1.807) is 6.07 Å². The third-order valence-electron chi connectivity index (χ3n) is 1.64. The molecule has 0 spiro atoms. The molecule has 16 heavy (non-hydrogen) atoms. The zero-order valence-electron chi connectivity index (χ0n) is 8.17. The summed E-state index contributed by atoms with van der Waals surface area (Å²) >= 11 is 0. The van der Waals surface area contributed by atoms with Crippen LogP contribution in [0.15, 0.2) is 18.2 Å². The monoisotopic (exact) mass is 222 g/mol. The maximum atomic E-state index is 10.8. The highest BCUT2D eigenvalue weighted by molar-refractivity contribution is 5.66. The third kappa shape index (κ3) is 2.45. The van der Waals surface area contributed by atoms with Crippen LogP contribution in [0.2, 0.25) is 0 Å². The topological polar surface area (TPSA) is 102 Å². The Morgan fingerprint density at radius 1 is 1.56 bits per heavy atom. The first-order valence-electron chi connectivity index (χ1n) is 4.03. The van der Waals surface area contributed by atoms with Crippen molar-refractivity contribution >= 4 is 11.8 Å². The molecule has 0 heterocycles. The number of methoxy groups -OCH3 is 1. The van der Waals surface area contributed by atoms with Gasteiger partial charge in [0, 0.05) is 6.07 Å². The van der Waals surface area contributed by atoms with Crippen LogP contribution in [0.4, 0.5) is 10.5 Å². The van der Waals surface area contributed by atoms with Gasteiger partial charge in [-0.2, -0.15) is 5.26 Å². The summed E-state index contributed by atoms with van der Waals surface area (Å²) in [7, 11) is 1.08. The molecule has 0 amide bonds. The van der Waals surface area contributed by atoms with E-state index in [0.29, 0.717) is 0 Å². The number of carbonyl (C=O) groups excluding carboxylic acids is 1. The quantitative estimate of drug-likeness (QED) is 0.326. The van der Waals surface area contributed by atoms with Crippen molar-refractivity contribution in [3.8, 4) is 11.8 Å². The maximum Gasteiger partial charge on any atom is 0.513 e. The lowest BCUT2D eigenvalue weighted by Gasteiger charge is -2.03. The van der Waals surface area contributed by atoms with Gasteiger partial charge in [0.1, 0.15) is 0 Å². The first-order chi connectivity index (χ1) is 7.58. The van der Waals surface area contributed by atoms with Crippen molar-refractivity contribution in [3.63, 3.8) is 0 Å². The number of nitro groups is 1. The average molecular weight is 222 g/mol. The Balaban J connectivity index is 3.14. The summed E-state index contributed by atoms with van der Waals surface area (Å²) in [6.45, 7) is 0. The molecule has 7 nitrogen and oxygen atoms in total. The maximum absolute atomic E-state index is 10.8. The van der Waals surface area contributed by atoms with Gasteiger partial charge in [0.15, 0.2) is 0 Å². The van der Waals surface area contributed by atoms with E-state index in [1.165, 1.54) is 6.07 Å². The van der Waals surface area contributed by atoms with Gasteiger partial charge < -0.3 is 9.47 Å². The van der Waals surface area contributed by atoms with Gasteiger partial charge in [-0.25, -0.2) is 4.79 Å². The van der Waals surface area contributed by atoms with Crippen molar-refractivity contribution in [3.05, 3.63) is 33.9 Å². The van der Waals surface area contributed by atoms with Crippen LogP contribution in [0.25, 0.3) is 0 Å². The minimum Gasteiger partial charge on any atom is -0.437 e. The normalized spacial score (nSPS) is 9.00. The number of hydrogen-bond acceptors (Lipinski definition) is 6. The highest BCUT2D eigenvalue weighted by Crippen LogP contribution is 2.27. The predicted octanol–water partition coefficient (Wildman–Crippen LogP) is 1.61. The molecule has 0 aliphatic heterocycles. The minimum absolute atomic E-state index is 0.101. The van der Waals surface area contributed by atoms with Crippen LogP contribution >= 0.6 is 0 Å². The molecule has 0 saturated carbocycles. The predicted molar refractivity (Wildman–Crippen MR) is 50.8 cm³/mol. The Kier molecular flexibility index (Phi) is 3.40. The third-order valence-corrected chi connectivity index (χ3v) is 1.64. The molecule has 0 aliphatic carbocycles. The van der Waals surface area contributed by atoms with Gasteiger partial charge in [-0.3, -0.25) is 10.1 Å². The number of hydrogen-bond donors (Lipinski definition) is 0. The van der Waals surface area contributed by atoms with E-state index in [1.807, 2.05) is 0 Å². The van der Waals surface area contributed by atoms with E-state index in [9.17, 15) is 14.9 Å². The zero-order chi connectivity index (χ0) is 12.1. The van der Waals surface area contributed by atoms with Gasteiger partial charge in [0.05, 0.1) is 23.7 Å². The van der Waals surface area contributed by atoms with E-state index in [0.717, 1.165) is 19.2 Å². The Morgan fingerprint density at radius 3 is 2.75 bits per heavy atom. The lowest BCUT2D eigenvalue weighted by atomic mass is 10.2. The molecular weight excluding hydrogens is 216 g/mol. The van der Waals surface area contributed by atoms with Crippen molar-refractivity contribution in [2.45, 2.75) is 0 Å². The Bertz CT molecular complexity index is 477. The van der Waals surface area contributed by atoms with Crippen LogP contribution in [-0.4, -0.2) is 18.2 Å². The zero-order valence-corrected chi connectivity index (χ0v) is 8.17. The largest absolute Gasteiger partial charge is 0.513 e. The van der Waals surface area contributed by atoms with Gasteiger partial charge in [-0.05, 0) is 12.1 Å².